The first kappa shape index (κ1) is 14.8. The molecule has 0 atom stereocenters. The Morgan fingerprint density at radius 2 is 2.17 bits per heavy atom. The number of rotatable bonds is 5. The zero-order valence-corrected chi connectivity index (χ0v) is 11.6. The lowest BCUT2D eigenvalue weighted by molar-refractivity contribution is -0.119. The molecule has 0 aliphatic carbocycles. The summed E-state index contributed by atoms with van der Waals surface area (Å²) in [4.78, 5) is 17.3. The molecule has 1 amide bonds. The molecule has 0 aliphatic rings. The summed E-state index contributed by atoms with van der Waals surface area (Å²) in [5.74, 6) is 5.94. The van der Waals surface area contributed by atoms with Crippen molar-refractivity contribution in [1.82, 2.24) is 10.3 Å². The van der Waals surface area contributed by atoms with E-state index in [1.54, 1.807) is 11.9 Å². The summed E-state index contributed by atoms with van der Waals surface area (Å²) >= 11 is 12.0. The van der Waals surface area contributed by atoms with E-state index in [1.165, 1.54) is 6.07 Å². The van der Waals surface area contributed by atoms with Gasteiger partial charge >= 0.3 is 0 Å². The second-order valence-electron chi connectivity index (χ2n) is 3.46. The Balaban J connectivity index is 3.08. The van der Waals surface area contributed by atoms with Crippen LogP contribution in [0.4, 0.5) is 11.6 Å². The standard InChI is InChI=1S/C10H15Cl2N5O/c1-3-17(5-8(18)14-2)10-7(12)4-6(11)9(15-10)16-13/h4H,3,5,13H2,1-2H3,(H,14,18)(H,15,16). The van der Waals surface area contributed by atoms with Gasteiger partial charge in [-0.05, 0) is 13.0 Å². The summed E-state index contributed by atoms with van der Waals surface area (Å²) < 4.78 is 0. The first-order chi connectivity index (χ1) is 8.53. The molecule has 6 nitrogen and oxygen atoms in total. The van der Waals surface area contributed by atoms with E-state index in [0.717, 1.165) is 0 Å². The fourth-order valence-electron chi connectivity index (χ4n) is 1.37. The first-order valence-electron chi connectivity index (χ1n) is 5.31. The largest absolute Gasteiger partial charge is 0.358 e. The molecule has 0 saturated carbocycles. The first-order valence-corrected chi connectivity index (χ1v) is 6.07. The molecule has 1 aromatic heterocycles. The molecular weight excluding hydrogens is 277 g/mol. The van der Waals surface area contributed by atoms with E-state index < -0.39 is 0 Å². The number of aromatic nitrogens is 1. The van der Waals surface area contributed by atoms with Gasteiger partial charge in [-0.2, -0.15) is 0 Å². The molecule has 0 aromatic carbocycles. The number of hydrogen-bond acceptors (Lipinski definition) is 5. The quantitative estimate of drug-likeness (QED) is 0.562. The normalized spacial score (nSPS) is 10.1. The van der Waals surface area contributed by atoms with Crippen LogP contribution >= 0.6 is 23.2 Å². The molecule has 0 fully saturated rings. The fraction of sp³-hybridized carbons (Fsp3) is 0.400. The van der Waals surface area contributed by atoms with Crippen LogP contribution in [0.5, 0.6) is 0 Å². The third-order valence-electron chi connectivity index (χ3n) is 2.34. The van der Waals surface area contributed by atoms with Gasteiger partial charge < -0.3 is 15.6 Å². The Bertz CT molecular complexity index is 441. The topological polar surface area (TPSA) is 83.3 Å². The van der Waals surface area contributed by atoms with Gasteiger partial charge in [0.1, 0.15) is 5.82 Å². The highest BCUT2D eigenvalue weighted by Crippen LogP contribution is 2.30. The molecule has 8 heteroatoms. The molecule has 100 valence electrons. The van der Waals surface area contributed by atoms with Crippen LogP contribution < -0.4 is 21.5 Å². The van der Waals surface area contributed by atoms with E-state index in [1.807, 2.05) is 6.92 Å². The van der Waals surface area contributed by atoms with Gasteiger partial charge in [-0.15, -0.1) is 0 Å². The van der Waals surface area contributed by atoms with E-state index in [9.17, 15) is 4.79 Å². The minimum Gasteiger partial charge on any atom is -0.358 e. The van der Waals surface area contributed by atoms with Crippen molar-refractivity contribution in [2.75, 3.05) is 30.5 Å². The van der Waals surface area contributed by atoms with Crippen LogP contribution in [0.3, 0.4) is 0 Å². The maximum Gasteiger partial charge on any atom is 0.239 e. The van der Waals surface area contributed by atoms with Crippen molar-refractivity contribution in [3.05, 3.63) is 16.1 Å². The highest BCUT2D eigenvalue weighted by molar-refractivity contribution is 6.37. The Morgan fingerprint density at radius 3 is 2.67 bits per heavy atom. The molecule has 0 bridgehead atoms. The lowest BCUT2D eigenvalue weighted by Gasteiger charge is -2.22. The van der Waals surface area contributed by atoms with E-state index in [-0.39, 0.29) is 12.5 Å². The molecule has 0 aliphatic heterocycles. The summed E-state index contributed by atoms with van der Waals surface area (Å²) in [6, 6.07) is 1.53. The van der Waals surface area contributed by atoms with Crippen LogP contribution in [0.1, 0.15) is 6.92 Å². The number of hydrazine groups is 1. The molecule has 0 radical (unpaired) electrons. The van der Waals surface area contributed by atoms with Crippen molar-refractivity contribution in [3.63, 3.8) is 0 Å². The van der Waals surface area contributed by atoms with Crippen molar-refractivity contribution in [3.8, 4) is 0 Å². The fourth-order valence-corrected chi connectivity index (χ4v) is 1.90. The van der Waals surface area contributed by atoms with E-state index in [4.69, 9.17) is 29.0 Å². The minimum atomic E-state index is -0.132. The number of nitrogens with one attached hydrogen (secondary N) is 2. The average Bonchev–Trinajstić information content (AvgIpc) is 2.36. The van der Waals surface area contributed by atoms with Crippen molar-refractivity contribution >= 4 is 40.7 Å². The molecular formula is C10H15Cl2N5O. The van der Waals surface area contributed by atoms with E-state index >= 15 is 0 Å². The molecule has 0 saturated heterocycles. The molecule has 18 heavy (non-hydrogen) atoms. The second-order valence-corrected chi connectivity index (χ2v) is 4.27. The van der Waals surface area contributed by atoms with Gasteiger partial charge in [0.15, 0.2) is 5.82 Å². The molecule has 1 aromatic rings. The number of carbonyl (C=O) groups is 1. The zero-order valence-electron chi connectivity index (χ0n) is 10.1. The number of anilines is 2. The summed E-state index contributed by atoms with van der Waals surface area (Å²) in [6.07, 6.45) is 0. The molecule has 0 spiro atoms. The Hall–Kier alpha value is -1.24. The van der Waals surface area contributed by atoms with Gasteiger partial charge in [0, 0.05) is 13.6 Å². The van der Waals surface area contributed by atoms with Crippen LogP contribution in [-0.4, -0.2) is 31.0 Å². The Kier molecular flexibility index (Phi) is 5.46. The molecule has 1 rings (SSSR count). The summed E-state index contributed by atoms with van der Waals surface area (Å²) in [7, 11) is 1.57. The van der Waals surface area contributed by atoms with Crippen molar-refractivity contribution in [2.24, 2.45) is 5.84 Å². The predicted molar refractivity (Wildman–Crippen MR) is 74.0 cm³/mol. The number of nitrogens with zero attached hydrogens (tertiary/aromatic N) is 2. The van der Waals surface area contributed by atoms with E-state index in [2.05, 4.69) is 15.7 Å². The third-order valence-corrected chi connectivity index (χ3v) is 2.91. The number of nitrogen functional groups attached to an aromatic ring is 1. The monoisotopic (exact) mass is 291 g/mol. The van der Waals surface area contributed by atoms with Gasteiger partial charge in [0.05, 0.1) is 16.6 Å². The maximum atomic E-state index is 11.4. The smallest absolute Gasteiger partial charge is 0.239 e. The van der Waals surface area contributed by atoms with Gasteiger partial charge in [-0.1, -0.05) is 23.2 Å². The van der Waals surface area contributed by atoms with Crippen molar-refractivity contribution in [1.29, 1.82) is 0 Å². The summed E-state index contributed by atoms with van der Waals surface area (Å²) in [5.41, 5.74) is 2.38. The number of likely N-dealkylation sites (N-methyl/N-ethyl adjacent to an activating group) is 2. The molecule has 1 heterocycles. The Morgan fingerprint density at radius 1 is 1.50 bits per heavy atom. The number of pyridine rings is 1. The molecule has 0 unspecified atom stereocenters. The average molecular weight is 292 g/mol. The SMILES string of the molecule is CCN(CC(=O)NC)c1nc(NN)c(Cl)cc1Cl. The second kappa shape index (κ2) is 6.63. The van der Waals surface area contributed by atoms with Crippen LogP contribution in [0.25, 0.3) is 0 Å². The van der Waals surface area contributed by atoms with Gasteiger partial charge in [-0.25, -0.2) is 10.8 Å². The lowest BCUT2D eigenvalue weighted by atomic mass is 10.3. The summed E-state index contributed by atoms with van der Waals surface area (Å²) in [6.45, 7) is 2.63. The van der Waals surface area contributed by atoms with E-state index in [0.29, 0.717) is 28.2 Å². The van der Waals surface area contributed by atoms with Crippen LogP contribution in [0.2, 0.25) is 10.0 Å². The number of halogens is 2. The van der Waals surface area contributed by atoms with Crippen molar-refractivity contribution < 1.29 is 4.79 Å². The highest BCUT2D eigenvalue weighted by atomic mass is 35.5. The number of hydrogen-bond donors (Lipinski definition) is 3. The zero-order chi connectivity index (χ0) is 13.7. The van der Waals surface area contributed by atoms with Gasteiger partial charge in [0.2, 0.25) is 5.91 Å². The van der Waals surface area contributed by atoms with Crippen LogP contribution in [0.15, 0.2) is 6.07 Å². The Labute approximate surface area is 115 Å². The van der Waals surface area contributed by atoms with Gasteiger partial charge in [-0.3, -0.25) is 4.79 Å². The highest BCUT2D eigenvalue weighted by Gasteiger charge is 2.16. The third kappa shape index (κ3) is 3.38. The maximum absolute atomic E-state index is 11.4. The number of nitrogens with two attached hydrogens (primary N) is 1. The number of carbonyl (C=O) groups excluding carboxylic acids is 1. The van der Waals surface area contributed by atoms with Gasteiger partial charge in [0.25, 0.3) is 0 Å². The lowest BCUT2D eigenvalue weighted by Crippen LogP contribution is -2.36. The summed E-state index contributed by atoms with van der Waals surface area (Å²) in [5, 5.41) is 3.23. The van der Waals surface area contributed by atoms with Crippen LogP contribution in [-0.2, 0) is 4.79 Å². The predicted octanol–water partition coefficient (Wildman–Crippen LogP) is 1.25. The van der Waals surface area contributed by atoms with Crippen molar-refractivity contribution in [2.45, 2.75) is 6.92 Å². The minimum absolute atomic E-state index is 0.132. The van der Waals surface area contributed by atoms with Crippen LogP contribution in [0, 0.1) is 0 Å². The molecule has 4 N–H and O–H groups in total. The number of amides is 1.